The number of nitrogens with one attached hydrogen (secondary N) is 4. The molecule has 0 spiro atoms. The van der Waals surface area contributed by atoms with Gasteiger partial charge in [-0.25, -0.2) is 9.97 Å². The maximum Gasteiger partial charge on any atom is 0.356 e. The van der Waals surface area contributed by atoms with Crippen molar-refractivity contribution in [3.05, 3.63) is 76.0 Å². The third kappa shape index (κ3) is 4.63. The van der Waals surface area contributed by atoms with E-state index in [9.17, 15) is 19.7 Å². The fourth-order valence-corrected chi connectivity index (χ4v) is 2.21. The fraction of sp³-hybridized carbons (Fsp3) is 0.0588. The number of nitrogens with zero attached hydrogens (tertiary/aromatic N) is 3. The lowest BCUT2D eigenvalue weighted by molar-refractivity contribution is -0.383. The first-order chi connectivity index (χ1) is 14.0. The second kappa shape index (κ2) is 8.47. The molecule has 3 aromatic rings. The van der Waals surface area contributed by atoms with Crippen LogP contribution in [0.2, 0.25) is 0 Å². The molecule has 0 bridgehead atoms. The molecule has 0 unspecified atom stereocenters. The van der Waals surface area contributed by atoms with Crippen molar-refractivity contribution < 1.29 is 18.9 Å². The van der Waals surface area contributed by atoms with Crippen molar-refractivity contribution in [2.45, 2.75) is 6.92 Å². The Morgan fingerprint density at radius 1 is 1.00 bits per heavy atom. The number of aromatic nitrogens is 2. The lowest BCUT2D eigenvalue weighted by Gasteiger charge is -2.11. The fourth-order valence-electron chi connectivity index (χ4n) is 2.21. The summed E-state index contributed by atoms with van der Waals surface area (Å²) in [6.45, 7) is 1.88. The number of aryl methyl sites for hydroxylation is 1. The van der Waals surface area contributed by atoms with Crippen molar-refractivity contribution in [1.29, 1.82) is 0 Å². The summed E-state index contributed by atoms with van der Waals surface area (Å²) in [4.78, 5) is 42.3. The molecule has 2 aromatic heterocycles. The van der Waals surface area contributed by atoms with Crippen LogP contribution < -0.4 is 21.7 Å². The quantitative estimate of drug-likeness (QED) is 0.343. The lowest BCUT2D eigenvalue weighted by Crippen LogP contribution is -2.32. The third-order valence-electron chi connectivity index (χ3n) is 3.65. The summed E-state index contributed by atoms with van der Waals surface area (Å²) in [5.74, 6) is -1.75. The summed E-state index contributed by atoms with van der Waals surface area (Å²) < 4.78 is 4.92. The van der Waals surface area contributed by atoms with Gasteiger partial charge in [0.15, 0.2) is 5.76 Å². The van der Waals surface area contributed by atoms with Crippen LogP contribution in [0.25, 0.3) is 0 Å². The van der Waals surface area contributed by atoms with Gasteiger partial charge >= 0.3 is 11.6 Å². The van der Waals surface area contributed by atoms with E-state index in [4.69, 9.17) is 4.42 Å². The number of benzene rings is 1. The molecule has 0 radical (unpaired) electrons. The van der Waals surface area contributed by atoms with Gasteiger partial charge in [-0.3, -0.25) is 41.4 Å². The molecule has 0 aliphatic rings. The molecule has 2 amide bonds. The molecule has 29 heavy (non-hydrogen) atoms. The predicted octanol–water partition coefficient (Wildman–Crippen LogP) is 1.80. The van der Waals surface area contributed by atoms with Gasteiger partial charge in [0, 0.05) is 5.56 Å². The Balaban J connectivity index is 1.72. The Labute approximate surface area is 163 Å². The molecule has 12 nitrogen and oxygen atoms in total. The molecule has 0 saturated heterocycles. The summed E-state index contributed by atoms with van der Waals surface area (Å²) in [6.07, 6.45) is 2.33. The van der Waals surface area contributed by atoms with E-state index in [1.54, 1.807) is 24.3 Å². The summed E-state index contributed by atoms with van der Waals surface area (Å²) in [6, 6.07) is 9.66. The first-order valence-electron chi connectivity index (χ1n) is 8.18. The van der Waals surface area contributed by atoms with Crippen molar-refractivity contribution in [2.24, 2.45) is 0 Å². The van der Waals surface area contributed by atoms with E-state index in [1.807, 2.05) is 6.92 Å². The highest BCUT2D eigenvalue weighted by Gasteiger charge is 2.24. The number of furan rings is 1. The van der Waals surface area contributed by atoms with Crippen molar-refractivity contribution in [2.75, 3.05) is 10.9 Å². The van der Waals surface area contributed by atoms with Gasteiger partial charge in [0.05, 0.1) is 11.2 Å². The highest BCUT2D eigenvalue weighted by Crippen LogP contribution is 2.27. The molecule has 3 rings (SSSR count). The molecule has 12 heteroatoms. The van der Waals surface area contributed by atoms with Gasteiger partial charge in [0.25, 0.3) is 5.91 Å². The maximum atomic E-state index is 12.2. The Morgan fingerprint density at radius 2 is 1.62 bits per heavy atom. The zero-order chi connectivity index (χ0) is 20.8. The largest absolute Gasteiger partial charge is 0.459 e. The van der Waals surface area contributed by atoms with E-state index in [1.165, 1.54) is 18.4 Å². The van der Waals surface area contributed by atoms with E-state index in [-0.39, 0.29) is 17.4 Å². The van der Waals surface area contributed by atoms with Crippen molar-refractivity contribution in [3.8, 4) is 0 Å². The number of hydrogen-bond donors (Lipinski definition) is 4. The molecule has 0 aliphatic carbocycles. The summed E-state index contributed by atoms with van der Waals surface area (Å²) in [5.41, 5.74) is 10.0. The standard InChI is InChI=1S/C17H15N7O5/c1-10-4-6-11(7-5-10)16(25)22-20-14-13(24(27)28)15(19-9-18-14)21-23-17(26)12-3-2-8-29-12/h2-9H,1H3,(H,22,25)(H,23,26)(H2,18,19,20,21). The molecule has 0 saturated carbocycles. The molecule has 0 fully saturated rings. The van der Waals surface area contributed by atoms with E-state index >= 15 is 0 Å². The van der Waals surface area contributed by atoms with Crippen LogP contribution in [0.5, 0.6) is 0 Å². The molecule has 4 N–H and O–H groups in total. The summed E-state index contributed by atoms with van der Waals surface area (Å²) >= 11 is 0. The van der Waals surface area contributed by atoms with Crippen LogP contribution in [0.4, 0.5) is 17.3 Å². The van der Waals surface area contributed by atoms with Crippen LogP contribution in [0.15, 0.2) is 53.4 Å². The minimum absolute atomic E-state index is 0.00193. The van der Waals surface area contributed by atoms with Gasteiger partial charge in [0.1, 0.15) is 6.33 Å². The summed E-state index contributed by atoms with van der Waals surface area (Å²) in [7, 11) is 0. The van der Waals surface area contributed by atoms with Crippen LogP contribution in [0.3, 0.4) is 0 Å². The average molecular weight is 397 g/mol. The normalized spacial score (nSPS) is 10.1. The van der Waals surface area contributed by atoms with Gasteiger partial charge in [-0.1, -0.05) is 17.7 Å². The number of hydrogen-bond acceptors (Lipinski definition) is 9. The summed E-state index contributed by atoms with van der Waals surface area (Å²) in [5, 5.41) is 11.5. The lowest BCUT2D eigenvalue weighted by atomic mass is 10.1. The predicted molar refractivity (Wildman–Crippen MR) is 101 cm³/mol. The van der Waals surface area contributed by atoms with Crippen LogP contribution in [0, 0.1) is 17.0 Å². The molecule has 1 aromatic carbocycles. The van der Waals surface area contributed by atoms with Crippen molar-refractivity contribution >= 4 is 29.1 Å². The molecule has 148 valence electrons. The Bertz CT molecular complexity index is 1030. The first-order valence-corrected chi connectivity index (χ1v) is 8.18. The monoisotopic (exact) mass is 397 g/mol. The Hall–Kier alpha value is -4.48. The zero-order valence-electron chi connectivity index (χ0n) is 15.0. The number of carbonyl (C=O) groups is 2. The number of hydrazine groups is 2. The Morgan fingerprint density at radius 3 is 2.17 bits per heavy atom. The van der Waals surface area contributed by atoms with Crippen molar-refractivity contribution in [3.63, 3.8) is 0 Å². The van der Waals surface area contributed by atoms with E-state index in [2.05, 4.69) is 31.7 Å². The highest BCUT2D eigenvalue weighted by atomic mass is 16.6. The second-order valence-corrected chi connectivity index (χ2v) is 5.68. The van der Waals surface area contributed by atoms with Gasteiger partial charge in [-0.15, -0.1) is 0 Å². The topological polar surface area (TPSA) is 164 Å². The molecule has 2 heterocycles. The van der Waals surface area contributed by atoms with E-state index in [0.29, 0.717) is 5.56 Å². The van der Waals surface area contributed by atoms with Gasteiger partial charge < -0.3 is 4.42 Å². The van der Waals surface area contributed by atoms with Crippen LogP contribution in [-0.4, -0.2) is 26.7 Å². The van der Waals surface area contributed by atoms with E-state index < -0.39 is 22.4 Å². The minimum Gasteiger partial charge on any atom is -0.459 e. The van der Waals surface area contributed by atoms with Crippen LogP contribution >= 0.6 is 0 Å². The number of carbonyl (C=O) groups excluding carboxylic acids is 2. The third-order valence-corrected chi connectivity index (χ3v) is 3.65. The number of rotatable bonds is 7. The number of amides is 2. The van der Waals surface area contributed by atoms with Crippen LogP contribution in [-0.2, 0) is 0 Å². The number of nitro groups is 1. The molecular weight excluding hydrogens is 382 g/mol. The SMILES string of the molecule is Cc1ccc(C(=O)NNc2ncnc(NNC(=O)c3ccco3)c2[N+](=O)[O-])cc1. The molecule has 0 aliphatic heterocycles. The highest BCUT2D eigenvalue weighted by molar-refractivity contribution is 5.95. The van der Waals surface area contributed by atoms with Crippen LogP contribution in [0.1, 0.15) is 26.5 Å². The van der Waals surface area contributed by atoms with E-state index in [0.717, 1.165) is 11.9 Å². The van der Waals surface area contributed by atoms with Crippen molar-refractivity contribution in [1.82, 2.24) is 20.8 Å². The average Bonchev–Trinajstić information content (AvgIpc) is 3.25. The smallest absolute Gasteiger partial charge is 0.356 e. The molecule has 0 atom stereocenters. The maximum absolute atomic E-state index is 12.2. The second-order valence-electron chi connectivity index (χ2n) is 5.68. The van der Waals surface area contributed by atoms with Gasteiger partial charge in [-0.05, 0) is 31.2 Å². The first kappa shape index (κ1) is 19.3. The minimum atomic E-state index is -0.762. The van der Waals surface area contributed by atoms with Gasteiger partial charge in [-0.2, -0.15) is 0 Å². The molecular formula is C17H15N7O5. The zero-order valence-corrected chi connectivity index (χ0v) is 15.0. The van der Waals surface area contributed by atoms with Gasteiger partial charge in [0.2, 0.25) is 11.6 Å². The Kier molecular flexibility index (Phi) is 5.64. The number of anilines is 2.